The molecule has 104 valence electrons. The molecular weight excluding hydrogens is 345 g/mol. The Bertz CT molecular complexity index is 616. The Labute approximate surface area is 130 Å². The highest BCUT2D eigenvalue weighted by molar-refractivity contribution is 9.10. The lowest BCUT2D eigenvalue weighted by Gasteiger charge is -2.06. The van der Waals surface area contributed by atoms with Gasteiger partial charge >= 0.3 is 0 Å². The second-order valence-electron chi connectivity index (χ2n) is 4.26. The lowest BCUT2D eigenvalue weighted by atomic mass is 10.1. The summed E-state index contributed by atoms with van der Waals surface area (Å²) in [4.78, 5) is 11.9. The lowest BCUT2D eigenvalue weighted by molar-refractivity contribution is 0.0951. The van der Waals surface area contributed by atoms with Crippen molar-refractivity contribution >= 4 is 33.4 Å². The maximum atomic E-state index is 13.1. The van der Waals surface area contributed by atoms with Gasteiger partial charge in [0.1, 0.15) is 5.82 Å². The van der Waals surface area contributed by atoms with Crippen molar-refractivity contribution in [2.24, 2.45) is 0 Å². The largest absolute Gasteiger partial charge is 0.348 e. The molecule has 20 heavy (non-hydrogen) atoms. The topological polar surface area (TPSA) is 29.1 Å². The molecule has 0 saturated carbocycles. The molecule has 0 unspecified atom stereocenters. The van der Waals surface area contributed by atoms with E-state index in [1.54, 1.807) is 0 Å². The van der Waals surface area contributed by atoms with Crippen LogP contribution in [0.4, 0.5) is 4.39 Å². The molecule has 0 aliphatic rings. The fourth-order valence-electron chi connectivity index (χ4n) is 1.67. The molecule has 1 amide bonds. The van der Waals surface area contributed by atoms with Gasteiger partial charge < -0.3 is 5.32 Å². The van der Waals surface area contributed by atoms with Gasteiger partial charge in [-0.05, 0) is 45.3 Å². The molecule has 0 bridgehead atoms. The first-order chi connectivity index (χ1) is 9.60. The van der Waals surface area contributed by atoms with Crippen LogP contribution in [-0.4, -0.2) is 5.91 Å². The Balaban J connectivity index is 1.98. The molecule has 0 aliphatic heterocycles. The van der Waals surface area contributed by atoms with Crippen molar-refractivity contribution in [3.63, 3.8) is 0 Å². The van der Waals surface area contributed by atoms with Crippen LogP contribution in [-0.2, 0) is 12.4 Å². The van der Waals surface area contributed by atoms with E-state index in [0.717, 1.165) is 11.1 Å². The number of alkyl halides is 1. The summed E-state index contributed by atoms with van der Waals surface area (Å²) < 4.78 is 13.4. The number of halogens is 3. The van der Waals surface area contributed by atoms with Gasteiger partial charge in [-0.1, -0.05) is 24.3 Å². The molecule has 2 nitrogen and oxygen atoms in total. The lowest BCUT2D eigenvalue weighted by Crippen LogP contribution is -2.22. The van der Waals surface area contributed by atoms with E-state index in [-0.39, 0.29) is 10.4 Å². The minimum atomic E-state index is -0.391. The third-order valence-electron chi connectivity index (χ3n) is 2.81. The monoisotopic (exact) mass is 355 g/mol. The van der Waals surface area contributed by atoms with E-state index in [0.29, 0.717) is 18.0 Å². The average molecular weight is 357 g/mol. The summed E-state index contributed by atoms with van der Waals surface area (Å²) in [6.07, 6.45) is 0. The van der Waals surface area contributed by atoms with Crippen molar-refractivity contribution in [1.29, 1.82) is 0 Å². The molecule has 0 fully saturated rings. The second kappa shape index (κ2) is 6.86. The van der Waals surface area contributed by atoms with E-state index in [1.165, 1.54) is 18.2 Å². The molecule has 5 heteroatoms. The predicted octanol–water partition coefficient (Wildman–Crippen LogP) is 4.26. The number of hydrogen-bond acceptors (Lipinski definition) is 1. The van der Waals surface area contributed by atoms with Crippen molar-refractivity contribution in [2.45, 2.75) is 12.4 Å². The summed E-state index contributed by atoms with van der Waals surface area (Å²) in [7, 11) is 0. The van der Waals surface area contributed by atoms with Gasteiger partial charge in [0.15, 0.2) is 0 Å². The molecule has 0 radical (unpaired) electrons. The van der Waals surface area contributed by atoms with Crippen molar-refractivity contribution in [3.05, 3.63) is 69.4 Å². The molecule has 0 atom stereocenters. The van der Waals surface area contributed by atoms with Crippen LogP contribution in [0.1, 0.15) is 21.5 Å². The van der Waals surface area contributed by atoms with Crippen LogP contribution in [0.3, 0.4) is 0 Å². The SMILES string of the molecule is O=C(NCc1ccc(CCl)cc1)c1ccc(F)c(Br)c1. The summed E-state index contributed by atoms with van der Waals surface area (Å²) >= 11 is 8.77. The van der Waals surface area contributed by atoms with Gasteiger partial charge in [-0.3, -0.25) is 4.79 Å². The van der Waals surface area contributed by atoms with E-state index >= 15 is 0 Å². The van der Waals surface area contributed by atoms with Gasteiger partial charge in [-0.2, -0.15) is 0 Å². The quantitative estimate of drug-likeness (QED) is 0.815. The standard InChI is InChI=1S/C15H12BrClFNO/c16-13-7-12(5-6-14(13)18)15(20)19-9-11-3-1-10(8-17)2-4-11/h1-7H,8-9H2,(H,19,20). The maximum Gasteiger partial charge on any atom is 0.251 e. The summed E-state index contributed by atoms with van der Waals surface area (Å²) in [5, 5.41) is 2.78. The first-order valence-electron chi connectivity index (χ1n) is 5.97. The molecule has 0 heterocycles. The number of benzene rings is 2. The Hall–Kier alpha value is -1.39. The molecular formula is C15H12BrClFNO. The highest BCUT2D eigenvalue weighted by atomic mass is 79.9. The van der Waals surface area contributed by atoms with Crippen LogP contribution in [0.2, 0.25) is 0 Å². The first-order valence-corrected chi connectivity index (χ1v) is 7.30. The fraction of sp³-hybridized carbons (Fsp3) is 0.133. The molecule has 2 aromatic rings. The molecule has 0 saturated heterocycles. The Morgan fingerprint density at radius 3 is 2.40 bits per heavy atom. The van der Waals surface area contributed by atoms with Crippen LogP contribution >= 0.6 is 27.5 Å². The number of carbonyl (C=O) groups excluding carboxylic acids is 1. The van der Waals surface area contributed by atoms with E-state index in [2.05, 4.69) is 21.2 Å². The van der Waals surface area contributed by atoms with Crippen LogP contribution in [0.15, 0.2) is 46.9 Å². The number of hydrogen-bond donors (Lipinski definition) is 1. The Morgan fingerprint density at radius 2 is 1.80 bits per heavy atom. The zero-order valence-electron chi connectivity index (χ0n) is 10.5. The van der Waals surface area contributed by atoms with Crippen molar-refractivity contribution in [3.8, 4) is 0 Å². The molecule has 0 aliphatic carbocycles. The van der Waals surface area contributed by atoms with Crippen LogP contribution in [0.5, 0.6) is 0 Å². The number of amides is 1. The fourth-order valence-corrected chi connectivity index (χ4v) is 2.22. The van der Waals surface area contributed by atoms with Crippen molar-refractivity contribution in [1.82, 2.24) is 5.32 Å². The van der Waals surface area contributed by atoms with Gasteiger partial charge in [-0.15, -0.1) is 11.6 Å². The van der Waals surface area contributed by atoms with Crippen LogP contribution < -0.4 is 5.32 Å². The zero-order valence-corrected chi connectivity index (χ0v) is 12.8. The van der Waals surface area contributed by atoms with E-state index < -0.39 is 5.82 Å². The minimum absolute atomic E-state index is 0.243. The second-order valence-corrected chi connectivity index (χ2v) is 5.38. The number of nitrogens with one attached hydrogen (secondary N) is 1. The van der Waals surface area contributed by atoms with Crippen LogP contribution in [0.25, 0.3) is 0 Å². The van der Waals surface area contributed by atoms with Crippen LogP contribution in [0, 0.1) is 5.82 Å². The highest BCUT2D eigenvalue weighted by Gasteiger charge is 2.08. The summed E-state index contributed by atoms with van der Waals surface area (Å²) in [6.45, 7) is 0.413. The van der Waals surface area contributed by atoms with Crippen molar-refractivity contribution < 1.29 is 9.18 Å². The highest BCUT2D eigenvalue weighted by Crippen LogP contribution is 2.16. The first kappa shape index (κ1) is 15.0. The molecule has 2 aromatic carbocycles. The predicted molar refractivity (Wildman–Crippen MR) is 81.3 cm³/mol. The number of carbonyl (C=O) groups is 1. The summed E-state index contributed by atoms with van der Waals surface area (Å²) in [6, 6.07) is 11.8. The Morgan fingerprint density at radius 1 is 1.15 bits per heavy atom. The summed E-state index contributed by atoms with van der Waals surface area (Å²) in [5.74, 6) is -0.165. The van der Waals surface area contributed by atoms with Gasteiger partial charge in [0.2, 0.25) is 0 Å². The Kier molecular flexibility index (Phi) is 5.15. The minimum Gasteiger partial charge on any atom is -0.348 e. The molecule has 1 N–H and O–H groups in total. The molecule has 0 aromatic heterocycles. The van der Waals surface area contributed by atoms with E-state index in [4.69, 9.17) is 11.6 Å². The molecule has 0 spiro atoms. The summed E-state index contributed by atoms with van der Waals surface area (Å²) in [5.41, 5.74) is 2.42. The average Bonchev–Trinajstić information content (AvgIpc) is 2.48. The van der Waals surface area contributed by atoms with Crippen molar-refractivity contribution in [2.75, 3.05) is 0 Å². The van der Waals surface area contributed by atoms with Gasteiger partial charge in [0.05, 0.1) is 4.47 Å². The maximum absolute atomic E-state index is 13.1. The zero-order chi connectivity index (χ0) is 14.5. The third-order valence-corrected chi connectivity index (χ3v) is 3.73. The number of rotatable bonds is 4. The van der Waals surface area contributed by atoms with E-state index in [9.17, 15) is 9.18 Å². The smallest absolute Gasteiger partial charge is 0.251 e. The molecule has 2 rings (SSSR count). The van der Waals surface area contributed by atoms with Gasteiger partial charge in [0.25, 0.3) is 5.91 Å². The normalized spacial score (nSPS) is 10.3. The van der Waals surface area contributed by atoms with E-state index in [1.807, 2.05) is 24.3 Å². The van der Waals surface area contributed by atoms with Gasteiger partial charge in [-0.25, -0.2) is 4.39 Å². The van der Waals surface area contributed by atoms with Gasteiger partial charge in [0, 0.05) is 18.0 Å². The third kappa shape index (κ3) is 3.81.